The molecule has 0 radical (unpaired) electrons. The molecule has 1 aliphatic rings. The molecule has 1 aromatic carbocycles. The van der Waals surface area contributed by atoms with E-state index in [9.17, 15) is 0 Å². The second-order valence-corrected chi connectivity index (χ2v) is 5.01. The van der Waals surface area contributed by atoms with Crippen molar-refractivity contribution >= 4 is 27.5 Å². The van der Waals surface area contributed by atoms with Crippen LogP contribution in [0.4, 0.5) is 0 Å². The average molecular weight is 291 g/mol. The van der Waals surface area contributed by atoms with Gasteiger partial charge in [0.2, 0.25) is 0 Å². The zero-order valence-corrected chi connectivity index (χ0v) is 10.6. The summed E-state index contributed by atoms with van der Waals surface area (Å²) in [5.41, 5.74) is 6.86. The molecule has 4 heteroatoms. The molecule has 0 saturated carbocycles. The molecular formula is C11H13BrClNO. The van der Waals surface area contributed by atoms with Crippen LogP contribution in [0.1, 0.15) is 18.1 Å². The lowest BCUT2D eigenvalue weighted by Crippen LogP contribution is -2.17. The van der Waals surface area contributed by atoms with Crippen LogP contribution >= 0.6 is 27.5 Å². The first kappa shape index (κ1) is 11.4. The molecule has 15 heavy (non-hydrogen) atoms. The zero-order chi connectivity index (χ0) is 10.8. The maximum absolute atomic E-state index is 5.95. The van der Waals surface area contributed by atoms with E-state index in [2.05, 4.69) is 15.9 Å². The second kappa shape index (κ2) is 4.83. The number of hydrogen-bond donors (Lipinski definition) is 1. The summed E-state index contributed by atoms with van der Waals surface area (Å²) in [6, 6.07) is 5.91. The predicted octanol–water partition coefficient (Wildman–Crippen LogP) is 3.14. The molecular weight excluding hydrogens is 277 g/mol. The van der Waals surface area contributed by atoms with Crippen LogP contribution < -0.4 is 5.73 Å². The normalized spacial score (nSPS) is 25.8. The molecule has 1 aromatic rings. The van der Waals surface area contributed by atoms with Gasteiger partial charge in [-0.3, -0.25) is 0 Å². The lowest BCUT2D eigenvalue weighted by molar-refractivity contribution is 0.0924. The van der Waals surface area contributed by atoms with Crippen molar-refractivity contribution in [2.45, 2.75) is 12.5 Å². The summed E-state index contributed by atoms with van der Waals surface area (Å²) in [6.07, 6.45) is 1.17. The van der Waals surface area contributed by atoms with E-state index in [0.717, 1.165) is 28.1 Å². The molecule has 0 amide bonds. The summed E-state index contributed by atoms with van der Waals surface area (Å²) in [5, 5.41) is 0.723. The Hall–Kier alpha value is -0.0900. The molecule has 1 heterocycles. The first-order valence-corrected chi connectivity index (χ1v) is 6.16. The standard InChI is InChI=1S/C11H13BrClNO/c12-9-5-7(1-2-10(9)13)11-8(6-14)3-4-15-11/h1-2,5,8,11H,3-4,6,14H2. The quantitative estimate of drug-likeness (QED) is 0.908. The van der Waals surface area contributed by atoms with Crippen molar-refractivity contribution in [2.24, 2.45) is 11.7 Å². The van der Waals surface area contributed by atoms with Gasteiger partial charge >= 0.3 is 0 Å². The van der Waals surface area contributed by atoms with Crippen LogP contribution in [-0.4, -0.2) is 13.2 Å². The summed E-state index contributed by atoms with van der Waals surface area (Å²) in [6.45, 7) is 1.47. The molecule has 1 aliphatic heterocycles. The highest BCUT2D eigenvalue weighted by Crippen LogP contribution is 2.36. The third-order valence-corrected chi connectivity index (χ3v) is 4.00. The number of benzene rings is 1. The smallest absolute Gasteiger partial charge is 0.0866 e. The van der Waals surface area contributed by atoms with Crippen LogP contribution in [0.15, 0.2) is 22.7 Å². The number of ether oxygens (including phenoxy) is 1. The van der Waals surface area contributed by atoms with E-state index in [1.165, 1.54) is 0 Å². The highest BCUT2D eigenvalue weighted by molar-refractivity contribution is 9.10. The van der Waals surface area contributed by atoms with E-state index in [1.54, 1.807) is 0 Å². The minimum absolute atomic E-state index is 0.128. The summed E-state index contributed by atoms with van der Waals surface area (Å²) < 4.78 is 6.60. The summed E-state index contributed by atoms with van der Waals surface area (Å²) >= 11 is 9.36. The first-order chi connectivity index (χ1) is 7.22. The lowest BCUT2D eigenvalue weighted by atomic mass is 9.96. The van der Waals surface area contributed by atoms with E-state index < -0.39 is 0 Å². The molecule has 2 nitrogen and oxygen atoms in total. The highest BCUT2D eigenvalue weighted by Gasteiger charge is 2.28. The average Bonchev–Trinajstić information content (AvgIpc) is 2.70. The van der Waals surface area contributed by atoms with Gasteiger partial charge in [0.05, 0.1) is 11.1 Å². The SMILES string of the molecule is NCC1CCOC1c1ccc(Cl)c(Br)c1. The molecule has 2 rings (SSSR count). The maximum Gasteiger partial charge on any atom is 0.0866 e. The maximum atomic E-state index is 5.95. The Kier molecular flexibility index (Phi) is 3.67. The van der Waals surface area contributed by atoms with Crippen LogP contribution in [0.25, 0.3) is 0 Å². The van der Waals surface area contributed by atoms with Crippen molar-refractivity contribution in [1.82, 2.24) is 0 Å². The first-order valence-electron chi connectivity index (χ1n) is 4.99. The van der Waals surface area contributed by atoms with Crippen molar-refractivity contribution in [3.05, 3.63) is 33.3 Å². The van der Waals surface area contributed by atoms with Gasteiger partial charge in [-0.25, -0.2) is 0 Å². The van der Waals surface area contributed by atoms with Gasteiger partial charge in [0.1, 0.15) is 0 Å². The molecule has 1 saturated heterocycles. The van der Waals surface area contributed by atoms with Crippen molar-refractivity contribution in [2.75, 3.05) is 13.2 Å². The fraction of sp³-hybridized carbons (Fsp3) is 0.455. The van der Waals surface area contributed by atoms with E-state index in [0.29, 0.717) is 12.5 Å². The van der Waals surface area contributed by atoms with E-state index in [-0.39, 0.29) is 6.10 Å². The van der Waals surface area contributed by atoms with Gasteiger partial charge in [-0.05, 0) is 46.6 Å². The Morgan fingerprint density at radius 3 is 3.00 bits per heavy atom. The van der Waals surface area contributed by atoms with Gasteiger partial charge in [0.25, 0.3) is 0 Å². The Morgan fingerprint density at radius 2 is 2.33 bits per heavy atom. The van der Waals surface area contributed by atoms with Crippen LogP contribution in [0.2, 0.25) is 5.02 Å². The summed E-state index contributed by atoms with van der Waals surface area (Å²) in [4.78, 5) is 0. The third-order valence-electron chi connectivity index (χ3n) is 2.79. The van der Waals surface area contributed by atoms with Crippen molar-refractivity contribution in [3.63, 3.8) is 0 Å². The van der Waals surface area contributed by atoms with Gasteiger partial charge in [0, 0.05) is 17.0 Å². The van der Waals surface area contributed by atoms with E-state index in [4.69, 9.17) is 22.1 Å². The topological polar surface area (TPSA) is 35.2 Å². The number of halogens is 2. The Bertz CT molecular complexity index is 358. The third kappa shape index (κ3) is 2.36. The molecule has 0 spiro atoms. The molecule has 2 unspecified atom stereocenters. The number of nitrogens with two attached hydrogens (primary N) is 1. The number of hydrogen-bond acceptors (Lipinski definition) is 2. The molecule has 1 fully saturated rings. The zero-order valence-electron chi connectivity index (χ0n) is 8.25. The lowest BCUT2D eigenvalue weighted by Gasteiger charge is -2.17. The Balaban J connectivity index is 2.25. The fourth-order valence-corrected chi connectivity index (χ4v) is 2.45. The molecule has 0 aromatic heterocycles. The van der Waals surface area contributed by atoms with Crippen LogP contribution in [0.5, 0.6) is 0 Å². The molecule has 2 N–H and O–H groups in total. The minimum Gasteiger partial charge on any atom is -0.373 e. The molecule has 0 aliphatic carbocycles. The van der Waals surface area contributed by atoms with Gasteiger partial charge in [-0.1, -0.05) is 17.7 Å². The largest absolute Gasteiger partial charge is 0.373 e. The summed E-state index contributed by atoms with van der Waals surface area (Å²) in [5.74, 6) is 0.429. The van der Waals surface area contributed by atoms with E-state index in [1.807, 2.05) is 18.2 Å². The van der Waals surface area contributed by atoms with E-state index >= 15 is 0 Å². The van der Waals surface area contributed by atoms with Gasteiger partial charge in [-0.2, -0.15) is 0 Å². The monoisotopic (exact) mass is 289 g/mol. The fourth-order valence-electron chi connectivity index (χ4n) is 1.93. The molecule has 0 bridgehead atoms. The van der Waals surface area contributed by atoms with Crippen LogP contribution in [0.3, 0.4) is 0 Å². The Morgan fingerprint density at radius 1 is 1.53 bits per heavy atom. The van der Waals surface area contributed by atoms with Gasteiger partial charge < -0.3 is 10.5 Å². The van der Waals surface area contributed by atoms with Crippen molar-refractivity contribution in [3.8, 4) is 0 Å². The van der Waals surface area contributed by atoms with Crippen molar-refractivity contribution in [1.29, 1.82) is 0 Å². The van der Waals surface area contributed by atoms with Crippen LogP contribution in [0, 0.1) is 5.92 Å². The molecule has 82 valence electrons. The molecule has 2 atom stereocenters. The highest BCUT2D eigenvalue weighted by atomic mass is 79.9. The Labute approximate surface area is 103 Å². The van der Waals surface area contributed by atoms with Gasteiger partial charge in [0.15, 0.2) is 0 Å². The second-order valence-electron chi connectivity index (χ2n) is 3.75. The number of rotatable bonds is 2. The summed E-state index contributed by atoms with van der Waals surface area (Å²) in [7, 11) is 0. The van der Waals surface area contributed by atoms with Crippen LogP contribution in [-0.2, 0) is 4.74 Å². The minimum atomic E-state index is 0.128. The predicted molar refractivity (Wildman–Crippen MR) is 65.0 cm³/mol. The van der Waals surface area contributed by atoms with Crippen molar-refractivity contribution < 1.29 is 4.74 Å². The van der Waals surface area contributed by atoms with Gasteiger partial charge in [-0.15, -0.1) is 0 Å².